The molecule has 7 heteroatoms. The van der Waals surface area contributed by atoms with Crippen LogP contribution in [-0.2, 0) is 0 Å². The van der Waals surface area contributed by atoms with Gasteiger partial charge in [0.25, 0.3) is 0 Å². The third kappa shape index (κ3) is 3.05. The Labute approximate surface area is 126 Å². The molecule has 1 aromatic heterocycles. The monoisotopic (exact) mass is 300 g/mol. The number of nitrogens with zero attached hydrogens (tertiary/aromatic N) is 3. The molecule has 1 aromatic carbocycles. The number of halogens is 1. The number of hydrogen-bond acceptors (Lipinski definition) is 6. The van der Waals surface area contributed by atoms with Gasteiger partial charge in [0, 0.05) is 12.0 Å². The lowest BCUT2D eigenvalue weighted by Gasteiger charge is -2.10. The predicted octanol–water partition coefficient (Wildman–Crippen LogP) is 2.91. The van der Waals surface area contributed by atoms with Gasteiger partial charge in [-0.2, -0.15) is 5.26 Å². The highest BCUT2D eigenvalue weighted by atomic mass is 35.5. The summed E-state index contributed by atoms with van der Waals surface area (Å²) in [5, 5.41) is 12.4. The first-order chi connectivity index (χ1) is 10.2. The number of nitriles is 1. The number of hydrazine groups is 1. The molecule has 21 heavy (non-hydrogen) atoms. The minimum atomic E-state index is 0.412. The van der Waals surface area contributed by atoms with E-state index in [0.29, 0.717) is 33.8 Å². The van der Waals surface area contributed by atoms with E-state index in [4.69, 9.17) is 22.7 Å². The number of nitrogens with two attached hydrogens (primary N) is 1. The molecule has 0 saturated heterocycles. The maximum Gasteiger partial charge on any atom is 0.145 e. The second kappa shape index (κ2) is 5.56. The van der Waals surface area contributed by atoms with Crippen molar-refractivity contribution in [2.45, 2.75) is 18.8 Å². The van der Waals surface area contributed by atoms with Crippen LogP contribution >= 0.6 is 11.6 Å². The highest BCUT2D eigenvalue weighted by molar-refractivity contribution is 6.33. The van der Waals surface area contributed by atoms with E-state index in [9.17, 15) is 0 Å². The molecule has 0 amide bonds. The van der Waals surface area contributed by atoms with Gasteiger partial charge in [-0.25, -0.2) is 15.8 Å². The van der Waals surface area contributed by atoms with Crippen LogP contribution in [0.1, 0.15) is 30.1 Å². The van der Waals surface area contributed by atoms with Crippen molar-refractivity contribution in [3.8, 4) is 6.07 Å². The summed E-state index contributed by atoms with van der Waals surface area (Å²) in [4.78, 5) is 8.82. The van der Waals surface area contributed by atoms with E-state index in [1.165, 1.54) is 0 Å². The topological polar surface area (TPSA) is 99.7 Å². The molecule has 4 N–H and O–H groups in total. The van der Waals surface area contributed by atoms with Gasteiger partial charge in [0.1, 0.15) is 17.5 Å². The Balaban J connectivity index is 1.90. The van der Waals surface area contributed by atoms with Crippen molar-refractivity contribution in [3.63, 3.8) is 0 Å². The van der Waals surface area contributed by atoms with Gasteiger partial charge in [-0.15, -0.1) is 0 Å². The first-order valence-electron chi connectivity index (χ1n) is 6.52. The standard InChI is InChI=1S/C14H13ClN6/c15-10-5-8(7-16)1-4-11(10)18-12-6-13(21-17)20-14(19-12)9-2-3-9/h1,4-6,9H,2-3,17H2,(H2,18,19,20,21). The van der Waals surface area contributed by atoms with Gasteiger partial charge < -0.3 is 10.7 Å². The number of anilines is 3. The lowest BCUT2D eigenvalue weighted by molar-refractivity contribution is 0.929. The lowest BCUT2D eigenvalue weighted by atomic mass is 10.2. The zero-order valence-corrected chi connectivity index (χ0v) is 11.9. The van der Waals surface area contributed by atoms with Crippen LogP contribution in [0.3, 0.4) is 0 Å². The molecule has 1 aliphatic carbocycles. The molecule has 1 aliphatic rings. The summed E-state index contributed by atoms with van der Waals surface area (Å²) < 4.78 is 0. The normalized spacial score (nSPS) is 13.6. The van der Waals surface area contributed by atoms with Crippen LogP contribution in [0.5, 0.6) is 0 Å². The van der Waals surface area contributed by atoms with Crippen LogP contribution < -0.4 is 16.6 Å². The van der Waals surface area contributed by atoms with E-state index in [0.717, 1.165) is 18.7 Å². The van der Waals surface area contributed by atoms with E-state index >= 15 is 0 Å². The quantitative estimate of drug-likeness (QED) is 0.593. The number of benzene rings is 1. The van der Waals surface area contributed by atoms with Crippen molar-refractivity contribution in [1.29, 1.82) is 5.26 Å². The molecule has 1 heterocycles. The van der Waals surface area contributed by atoms with Crippen LogP contribution in [0.2, 0.25) is 5.02 Å². The van der Waals surface area contributed by atoms with Crippen molar-refractivity contribution in [2.24, 2.45) is 5.84 Å². The summed E-state index contributed by atoms with van der Waals surface area (Å²) in [5.41, 5.74) is 3.73. The fourth-order valence-electron chi connectivity index (χ4n) is 1.95. The minimum Gasteiger partial charge on any atom is -0.339 e. The van der Waals surface area contributed by atoms with E-state index in [2.05, 4.69) is 20.7 Å². The third-order valence-electron chi connectivity index (χ3n) is 3.19. The molecular weight excluding hydrogens is 288 g/mol. The molecule has 0 spiro atoms. The fourth-order valence-corrected chi connectivity index (χ4v) is 2.18. The van der Waals surface area contributed by atoms with Gasteiger partial charge in [0.2, 0.25) is 0 Å². The summed E-state index contributed by atoms with van der Waals surface area (Å²) in [6.07, 6.45) is 2.20. The molecule has 0 unspecified atom stereocenters. The van der Waals surface area contributed by atoms with Gasteiger partial charge in [0.05, 0.1) is 22.3 Å². The Morgan fingerprint density at radius 3 is 2.62 bits per heavy atom. The summed E-state index contributed by atoms with van der Waals surface area (Å²) in [7, 11) is 0. The average Bonchev–Trinajstić information content (AvgIpc) is 3.33. The Kier molecular flexibility index (Phi) is 3.60. The zero-order valence-electron chi connectivity index (χ0n) is 11.1. The van der Waals surface area contributed by atoms with Crippen molar-refractivity contribution in [3.05, 3.63) is 40.7 Å². The summed E-state index contributed by atoms with van der Waals surface area (Å²) >= 11 is 6.15. The smallest absolute Gasteiger partial charge is 0.145 e. The highest BCUT2D eigenvalue weighted by Crippen LogP contribution is 2.39. The predicted molar refractivity (Wildman–Crippen MR) is 81.3 cm³/mol. The van der Waals surface area contributed by atoms with E-state index in [-0.39, 0.29) is 0 Å². The SMILES string of the molecule is N#Cc1ccc(Nc2cc(NN)nc(C3CC3)n2)c(Cl)c1. The Morgan fingerprint density at radius 2 is 2.00 bits per heavy atom. The van der Waals surface area contributed by atoms with Crippen molar-refractivity contribution in [2.75, 3.05) is 10.7 Å². The summed E-state index contributed by atoms with van der Waals surface area (Å²) in [6, 6.07) is 8.80. The molecule has 0 aliphatic heterocycles. The molecular formula is C14H13ClN6. The molecule has 106 valence electrons. The van der Waals surface area contributed by atoms with E-state index < -0.39 is 0 Å². The number of nitrogen functional groups attached to an aromatic ring is 1. The van der Waals surface area contributed by atoms with Gasteiger partial charge in [-0.3, -0.25) is 0 Å². The first-order valence-corrected chi connectivity index (χ1v) is 6.89. The Bertz CT molecular complexity index is 720. The minimum absolute atomic E-state index is 0.412. The number of rotatable bonds is 4. The van der Waals surface area contributed by atoms with Crippen LogP contribution in [0.25, 0.3) is 0 Å². The second-order valence-corrected chi connectivity index (χ2v) is 5.25. The molecule has 1 saturated carbocycles. The molecule has 6 nitrogen and oxygen atoms in total. The van der Waals surface area contributed by atoms with Gasteiger partial charge in [-0.05, 0) is 31.0 Å². The van der Waals surface area contributed by atoms with Crippen molar-refractivity contribution >= 4 is 28.9 Å². The maximum atomic E-state index is 8.84. The summed E-state index contributed by atoms with van der Waals surface area (Å²) in [6.45, 7) is 0. The van der Waals surface area contributed by atoms with Crippen LogP contribution in [0.15, 0.2) is 24.3 Å². The zero-order chi connectivity index (χ0) is 14.8. The number of aromatic nitrogens is 2. The van der Waals surface area contributed by atoms with Crippen LogP contribution in [0.4, 0.5) is 17.3 Å². The van der Waals surface area contributed by atoms with Crippen molar-refractivity contribution in [1.82, 2.24) is 9.97 Å². The van der Waals surface area contributed by atoms with Gasteiger partial charge in [-0.1, -0.05) is 11.6 Å². The Hall–Kier alpha value is -2.36. The summed E-state index contributed by atoms with van der Waals surface area (Å²) in [5.74, 6) is 7.80. The maximum absolute atomic E-state index is 8.84. The van der Waals surface area contributed by atoms with Gasteiger partial charge >= 0.3 is 0 Å². The molecule has 0 atom stereocenters. The molecule has 1 fully saturated rings. The molecule has 0 bridgehead atoms. The number of hydrogen-bond donors (Lipinski definition) is 3. The lowest BCUT2D eigenvalue weighted by Crippen LogP contribution is -2.11. The van der Waals surface area contributed by atoms with E-state index in [1.54, 1.807) is 24.3 Å². The largest absolute Gasteiger partial charge is 0.339 e. The van der Waals surface area contributed by atoms with Gasteiger partial charge in [0.15, 0.2) is 0 Å². The van der Waals surface area contributed by atoms with Crippen LogP contribution in [-0.4, -0.2) is 9.97 Å². The number of nitrogens with one attached hydrogen (secondary N) is 2. The van der Waals surface area contributed by atoms with E-state index in [1.807, 2.05) is 6.07 Å². The molecule has 0 radical (unpaired) electrons. The fraction of sp³-hybridized carbons (Fsp3) is 0.214. The molecule has 3 rings (SSSR count). The molecule has 2 aromatic rings. The van der Waals surface area contributed by atoms with Crippen molar-refractivity contribution < 1.29 is 0 Å². The first kappa shape index (κ1) is 13.6. The van der Waals surface area contributed by atoms with Crippen LogP contribution in [0, 0.1) is 11.3 Å². The Morgan fingerprint density at radius 1 is 1.24 bits per heavy atom. The highest BCUT2D eigenvalue weighted by Gasteiger charge is 2.27. The average molecular weight is 301 g/mol. The third-order valence-corrected chi connectivity index (χ3v) is 3.51. The second-order valence-electron chi connectivity index (χ2n) is 4.85.